The minimum Gasteiger partial charge on any atom is -0.326 e. The Morgan fingerprint density at radius 1 is 0.963 bits per heavy atom. The minimum atomic E-state index is -3.34. The van der Waals surface area contributed by atoms with E-state index in [0.29, 0.717) is 11.3 Å². The van der Waals surface area contributed by atoms with Crippen LogP contribution in [0.4, 0.5) is 5.69 Å². The van der Waals surface area contributed by atoms with Gasteiger partial charge in [-0.3, -0.25) is 9.59 Å². The molecule has 0 radical (unpaired) electrons. The molecule has 5 nitrogen and oxygen atoms in total. The van der Waals surface area contributed by atoms with Gasteiger partial charge in [0.25, 0.3) is 0 Å². The third-order valence-electron chi connectivity index (χ3n) is 4.80. The molecule has 0 saturated heterocycles. The van der Waals surface area contributed by atoms with E-state index in [1.807, 2.05) is 18.2 Å². The number of Topliss-reactive ketones (excluding diaryl/α,β-unsaturated/α-hetero) is 1. The van der Waals surface area contributed by atoms with Gasteiger partial charge in [-0.2, -0.15) is 0 Å². The molecule has 1 aliphatic carbocycles. The number of benzene rings is 2. The number of sulfone groups is 1. The normalized spacial score (nSPS) is 13.7. The molecule has 0 fully saturated rings. The molecule has 1 aliphatic rings. The first-order chi connectivity index (χ1) is 12.8. The number of aryl methyl sites for hydroxylation is 2. The monoisotopic (exact) mass is 385 g/mol. The molecular weight excluding hydrogens is 362 g/mol. The minimum absolute atomic E-state index is 0.0524. The second kappa shape index (κ2) is 8.05. The van der Waals surface area contributed by atoms with Crippen LogP contribution in [-0.2, 0) is 27.5 Å². The van der Waals surface area contributed by atoms with E-state index in [9.17, 15) is 18.0 Å². The third kappa shape index (κ3) is 5.04. The van der Waals surface area contributed by atoms with E-state index in [-0.39, 0.29) is 29.4 Å². The molecular formula is C21H23NO4S. The number of hydrogen-bond acceptors (Lipinski definition) is 4. The van der Waals surface area contributed by atoms with Gasteiger partial charge in [0.1, 0.15) is 0 Å². The van der Waals surface area contributed by atoms with E-state index < -0.39 is 9.84 Å². The largest absolute Gasteiger partial charge is 0.326 e. The molecule has 3 rings (SSSR count). The van der Waals surface area contributed by atoms with Crippen molar-refractivity contribution in [2.75, 3.05) is 11.6 Å². The first-order valence-corrected chi connectivity index (χ1v) is 11.0. The van der Waals surface area contributed by atoms with E-state index >= 15 is 0 Å². The van der Waals surface area contributed by atoms with Crippen LogP contribution in [0.1, 0.15) is 47.2 Å². The molecule has 0 atom stereocenters. The van der Waals surface area contributed by atoms with E-state index in [2.05, 4.69) is 5.32 Å². The predicted octanol–water partition coefficient (Wildman–Crippen LogP) is 3.57. The number of nitrogens with one attached hydrogen (secondary N) is 1. The zero-order valence-corrected chi connectivity index (χ0v) is 16.1. The van der Waals surface area contributed by atoms with Crippen LogP contribution in [0.25, 0.3) is 0 Å². The highest BCUT2D eigenvalue weighted by atomic mass is 32.2. The molecule has 142 valence electrons. The van der Waals surface area contributed by atoms with Gasteiger partial charge in [0.2, 0.25) is 5.91 Å². The summed E-state index contributed by atoms with van der Waals surface area (Å²) in [6.45, 7) is 0. The molecule has 0 spiro atoms. The fourth-order valence-corrected chi connectivity index (χ4v) is 3.97. The topological polar surface area (TPSA) is 80.3 Å². The average Bonchev–Trinajstić information content (AvgIpc) is 2.65. The number of ketones is 1. The van der Waals surface area contributed by atoms with Crippen molar-refractivity contribution in [1.29, 1.82) is 0 Å². The maximum Gasteiger partial charge on any atom is 0.224 e. The van der Waals surface area contributed by atoms with Crippen molar-refractivity contribution in [3.63, 3.8) is 0 Å². The second-order valence-electron chi connectivity index (χ2n) is 6.96. The fourth-order valence-electron chi connectivity index (χ4n) is 3.31. The molecule has 1 N–H and O–H groups in total. The van der Waals surface area contributed by atoms with Crippen LogP contribution in [0.3, 0.4) is 0 Å². The summed E-state index contributed by atoms with van der Waals surface area (Å²) in [5, 5.41) is 2.66. The van der Waals surface area contributed by atoms with Crippen molar-refractivity contribution in [2.24, 2.45) is 0 Å². The Morgan fingerprint density at radius 2 is 1.70 bits per heavy atom. The van der Waals surface area contributed by atoms with Crippen LogP contribution in [0.2, 0.25) is 0 Å². The van der Waals surface area contributed by atoms with E-state index in [1.165, 1.54) is 29.7 Å². The summed E-state index contributed by atoms with van der Waals surface area (Å²) in [5.74, 6) is -0.365. The van der Waals surface area contributed by atoms with Crippen molar-refractivity contribution >= 4 is 27.2 Å². The molecule has 0 saturated carbocycles. The van der Waals surface area contributed by atoms with Gasteiger partial charge in [-0.05, 0) is 61.1 Å². The Bertz CT molecular complexity index is 979. The molecule has 0 heterocycles. The summed E-state index contributed by atoms with van der Waals surface area (Å²) in [6, 6.07) is 11.9. The lowest BCUT2D eigenvalue weighted by atomic mass is 9.89. The first-order valence-electron chi connectivity index (χ1n) is 9.08. The predicted molar refractivity (Wildman–Crippen MR) is 105 cm³/mol. The average molecular weight is 385 g/mol. The van der Waals surface area contributed by atoms with Crippen molar-refractivity contribution in [3.05, 3.63) is 59.2 Å². The molecule has 27 heavy (non-hydrogen) atoms. The molecule has 0 aliphatic heterocycles. The van der Waals surface area contributed by atoms with Gasteiger partial charge in [-0.15, -0.1) is 0 Å². The van der Waals surface area contributed by atoms with Gasteiger partial charge in [-0.25, -0.2) is 8.42 Å². The molecule has 2 aromatic rings. The lowest BCUT2D eigenvalue weighted by molar-refractivity contribution is -0.116. The Labute approximate surface area is 159 Å². The van der Waals surface area contributed by atoms with Crippen LogP contribution in [0.15, 0.2) is 47.4 Å². The number of rotatable bonds is 6. The molecule has 1 amide bonds. The van der Waals surface area contributed by atoms with Gasteiger partial charge in [0.15, 0.2) is 15.6 Å². The number of fused-ring (bicyclic) bond motifs is 1. The Kier molecular flexibility index (Phi) is 5.75. The summed E-state index contributed by atoms with van der Waals surface area (Å²) in [7, 11) is -3.34. The van der Waals surface area contributed by atoms with Gasteiger partial charge in [-0.1, -0.05) is 18.2 Å². The third-order valence-corrected chi connectivity index (χ3v) is 5.91. The highest BCUT2D eigenvalue weighted by molar-refractivity contribution is 7.90. The Balaban J connectivity index is 1.58. The van der Waals surface area contributed by atoms with E-state index in [1.54, 1.807) is 12.1 Å². The maximum absolute atomic E-state index is 12.4. The van der Waals surface area contributed by atoms with Crippen molar-refractivity contribution in [2.45, 2.75) is 43.4 Å². The van der Waals surface area contributed by atoms with Crippen molar-refractivity contribution in [1.82, 2.24) is 0 Å². The summed E-state index contributed by atoms with van der Waals surface area (Å²) >= 11 is 0. The highest BCUT2D eigenvalue weighted by Crippen LogP contribution is 2.23. The van der Waals surface area contributed by atoms with Crippen LogP contribution in [-0.4, -0.2) is 26.4 Å². The smallest absolute Gasteiger partial charge is 0.224 e. The summed E-state index contributed by atoms with van der Waals surface area (Å²) in [5.41, 5.74) is 3.63. The van der Waals surface area contributed by atoms with Gasteiger partial charge in [0.05, 0.1) is 4.90 Å². The number of anilines is 1. The van der Waals surface area contributed by atoms with E-state index in [4.69, 9.17) is 0 Å². The molecule has 0 unspecified atom stereocenters. The van der Waals surface area contributed by atoms with Crippen molar-refractivity contribution in [3.8, 4) is 0 Å². The number of amides is 1. The van der Waals surface area contributed by atoms with Gasteiger partial charge >= 0.3 is 0 Å². The fraction of sp³-hybridized carbons (Fsp3) is 0.333. The number of carbonyl (C=O) groups is 2. The molecule has 0 aromatic heterocycles. The number of hydrogen-bond donors (Lipinski definition) is 1. The zero-order chi connectivity index (χ0) is 19.4. The van der Waals surface area contributed by atoms with Gasteiger partial charge in [0, 0.05) is 30.3 Å². The Hall–Kier alpha value is -2.47. The van der Waals surface area contributed by atoms with Crippen LogP contribution >= 0.6 is 0 Å². The zero-order valence-electron chi connectivity index (χ0n) is 15.3. The van der Waals surface area contributed by atoms with Gasteiger partial charge < -0.3 is 5.32 Å². The van der Waals surface area contributed by atoms with Crippen LogP contribution in [0, 0.1) is 0 Å². The lowest BCUT2D eigenvalue weighted by Gasteiger charge is -2.16. The Morgan fingerprint density at radius 3 is 2.44 bits per heavy atom. The summed E-state index contributed by atoms with van der Waals surface area (Å²) in [6.07, 6.45) is 5.72. The van der Waals surface area contributed by atoms with E-state index in [0.717, 1.165) is 25.5 Å². The summed E-state index contributed by atoms with van der Waals surface area (Å²) < 4.78 is 23.2. The summed E-state index contributed by atoms with van der Waals surface area (Å²) in [4.78, 5) is 24.7. The molecule has 2 aromatic carbocycles. The first kappa shape index (κ1) is 19.3. The molecule has 0 bridgehead atoms. The van der Waals surface area contributed by atoms with Crippen LogP contribution in [0.5, 0.6) is 0 Å². The van der Waals surface area contributed by atoms with Crippen LogP contribution < -0.4 is 5.32 Å². The maximum atomic E-state index is 12.4. The quantitative estimate of drug-likeness (QED) is 0.771. The standard InChI is InChI=1S/C21H23NO4S/c1-27(25,26)19-8-4-7-18(14-19)22-21(24)12-11-20(23)17-10-9-15-5-2-3-6-16(15)13-17/h4,7-10,13-14H,2-3,5-6,11-12H2,1H3,(H,22,24). The number of carbonyl (C=O) groups excluding carboxylic acids is 2. The lowest BCUT2D eigenvalue weighted by Crippen LogP contribution is -2.14. The SMILES string of the molecule is CS(=O)(=O)c1cccc(NC(=O)CCC(=O)c2ccc3c(c2)CCCC3)c1. The highest BCUT2D eigenvalue weighted by Gasteiger charge is 2.14. The van der Waals surface area contributed by atoms with Crippen molar-refractivity contribution < 1.29 is 18.0 Å². The second-order valence-corrected chi connectivity index (χ2v) is 8.98. The molecule has 6 heteroatoms.